The van der Waals surface area contributed by atoms with E-state index in [9.17, 15) is 22.4 Å². The molecule has 1 rings (SSSR count). The van der Waals surface area contributed by atoms with Crippen molar-refractivity contribution in [3.8, 4) is 0 Å². The number of hydrogen-bond donors (Lipinski definition) is 0. The molecule has 0 radical (unpaired) electrons. The van der Waals surface area contributed by atoms with Crippen molar-refractivity contribution in [1.29, 1.82) is 0 Å². The van der Waals surface area contributed by atoms with E-state index in [1.54, 1.807) is 0 Å². The molecule has 0 aromatic rings. The molecule has 0 aromatic heterocycles. The average molecular weight is 233 g/mol. The molecule has 0 saturated heterocycles. The molecule has 1 saturated carbocycles. The summed E-state index contributed by atoms with van der Waals surface area (Å²) in [6.07, 6.45) is -6.80. The summed E-state index contributed by atoms with van der Waals surface area (Å²) in [5.41, 5.74) is 0. The summed E-state index contributed by atoms with van der Waals surface area (Å²) in [6.45, 7) is 0. The number of alkyl halides is 4. The summed E-state index contributed by atoms with van der Waals surface area (Å²) in [4.78, 5) is 10.7. The maximum Gasteiger partial charge on any atom is 0.392 e. The van der Waals surface area contributed by atoms with Gasteiger partial charge in [0.15, 0.2) is 0 Å². The van der Waals surface area contributed by atoms with Gasteiger partial charge in [-0.1, -0.05) is 0 Å². The predicted octanol–water partition coefficient (Wildman–Crippen LogP) is 3.07. The molecule has 0 spiro atoms. The summed E-state index contributed by atoms with van der Waals surface area (Å²) >= 11 is 5.04. The Balaban J connectivity index is 2.79. The quantitative estimate of drug-likeness (QED) is 0.502. The Hall–Kier alpha value is -0.320. The molecule has 3 atom stereocenters. The smallest absolute Gasteiger partial charge is 0.281 e. The Morgan fingerprint density at radius 1 is 1.29 bits per heavy atom. The molecule has 1 fully saturated rings. The van der Waals surface area contributed by atoms with Gasteiger partial charge in [0.2, 0.25) is 5.24 Å². The van der Waals surface area contributed by atoms with Crippen molar-refractivity contribution < 1.29 is 22.4 Å². The zero-order valence-corrected chi connectivity index (χ0v) is 7.91. The van der Waals surface area contributed by atoms with Gasteiger partial charge in [-0.3, -0.25) is 4.79 Å². The molecule has 1 aliphatic carbocycles. The fourth-order valence-electron chi connectivity index (χ4n) is 1.75. The molecule has 82 valence electrons. The third-order valence-corrected chi connectivity index (χ3v) is 2.78. The highest BCUT2D eigenvalue weighted by Crippen LogP contribution is 2.43. The first kappa shape index (κ1) is 11.8. The molecular formula is C8H9ClF4O. The van der Waals surface area contributed by atoms with Crippen LogP contribution in [0.15, 0.2) is 0 Å². The molecule has 0 bridgehead atoms. The van der Waals surface area contributed by atoms with E-state index >= 15 is 0 Å². The topological polar surface area (TPSA) is 17.1 Å². The lowest BCUT2D eigenvalue weighted by molar-refractivity contribution is -0.200. The van der Waals surface area contributed by atoms with Crippen molar-refractivity contribution in [3.63, 3.8) is 0 Å². The Bertz CT molecular complexity index is 228. The average Bonchev–Trinajstić information content (AvgIpc) is 2.01. The standard InChI is InChI=1S/C8H9ClF4O/c9-7(14)5-2-1-4(10)3-6(5)8(11,12)13/h4-6H,1-3H2. The maximum absolute atomic E-state index is 12.7. The summed E-state index contributed by atoms with van der Waals surface area (Å²) < 4.78 is 49.8. The minimum absolute atomic E-state index is 0.0181. The second-order valence-electron chi connectivity index (χ2n) is 3.47. The minimum atomic E-state index is -4.54. The molecular weight excluding hydrogens is 224 g/mol. The molecule has 6 heteroatoms. The lowest BCUT2D eigenvalue weighted by Crippen LogP contribution is -2.39. The lowest BCUT2D eigenvalue weighted by Gasteiger charge is -2.32. The van der Waals surface area contributed by atoms with Gasteiger partial charge in [0.25, 0.3) is 0 Å². The molecule has 0 amide bonds. The van der Waals surface area contributed by atoms with Crippen LogP contribution in [0.1, 0.15) is 19.3 Å². The van der Waals surface area contributed by atoms with E-state index in [0.29, 0.717) is 0 Å². The van der Waals surface area contributed by atoms with E-state index in [2.05, 4.69) is 0 Å². The summed E-state index contributed by atoms with van der Waals surface area (Å²) in [5, 5.41) is -1.01. The fourth-order valence-corrected chi connectivity index (χ4v) is 2.01. The number of halogens is 5. The minimum Gasteiger partial charge on any atom is -0.281 e. The van der Waals surface area contributed by atoms with Crippen LogP contribution in [0.3, 0.4) is 0 Å². The van der Waals surface area contributed by atoms with E-state index in [4.69, 9.17) is 11.6 Å². The van der Waals surface area contributed by atoms with Crippen molar-refractivity contribution in [1.82, 2.24) is 0 Å². The summed E-state index contributed by atoms with van der Waals surface area (Å²) in [6, 6.07) is 0. The number of rotatable bonds is 1. The van der Waals surface area contributed by atoms with E-state index in [0.717, 1.165) is 0 Å². The first-order chi connectivity index (χ1) is 6.32. The van der Waals surface area contributed by atoms with Crippen molar-refractivity contribution in [3.05, 3.63) is 0 Å². The highest BCUT2D eigenvalue weighted by Gasteiger charge is 2.49. The van der Waals surface area contributed by atoms with Gasteiger partial charge in [-0.2, -0.15) is 13.2 Å². The van der Waals surface area contributed by atoms with Crippen LogP contribution >= 0.6 is 11.6 Å². The summed E-state index contributed by atoms with van der Waals surface area (Å²) in [5.74, 6) is -3.19. The monoisotopic (exact) mass is 232 g/mol. The van der Waals surface area contributed by atoms with Gasteiger partial charge >= 0.3 is 6.18 Å². The van der Waals surface area contributed by atoms with Crippen molar-refractivity contribution in [2.45, 2.75) is 31.6 Å². The van der Waals surface area contributed by atoms with E-state index in [1.807, 2.05) is 0 Å². The third kappa shape index (κ3) is 2.59. The Labute approximate surface area is 83.4 Å². The zero-order chi connectivity index (χ0) is 10.9. The first-order valence-corrected chi connectivity index (χ1v) is 4.60. The number of carbonyl (C=O) groups is 1. The van der Waals surface area contributed by atoms with Crippen molar-refractivity contribution in [2.75, 3.05) is 0 Å². The fraction of sp³-hybridized carbons (Fsp3) is 0.875. The molecule has 1 nitrogen and oxygen atoms in total. The highest BCUT2D eigenvalue weighted by molar-refractivity contribution is 6.64. The third-order valence-electron chi connectivity index (χ3n) is 2.50. The van der Waals surface area contributed by atoms with Crippen molar-refractivity contribution >= 4 is 16.8 Å². The van der Waals surface area contributed by atoms with Crippen LogP contribution in [-0.2, 0) is 4.79 Å². The van der Waals surface area contributed by atoms with E-state index < -0.39 is 35.8 Å². The van der Waals surface area contributed by atoms with E-state index in [1.165, 1.54) is 0 Å². The molecule has 14 heavy (non-hydrogen) atoms. The predicted molar refractivity (Wildman–Crippen MR) is 42.6 cm³/mol. The highest BCUT2D eigenvalue weighted by atomic mass is 35.5. The SMILES string of the molecule is O=C(Cl)C1CCC(F)CC1C(F)(F)F. The van der Waals surface area contributed by atoms with Crippen LogP contribution in [0, 0.1) is 11.8 Å². The van der Waals surface area contributed by atoms with Gasteiger partial charge in [-0.15, -0.1) is 0 Å². The molecule has 3 unspecified atom stereocenters. The van der Waals surface area contributed by atoms with Gasteiger partial charge in [0.05, 0.1) is 5.92 Å². The van der Waals surface area contributed by atoms with Crippen LogP contribution in [0.4, 0.5) is 17.6 Å². The molecule has 0 aliphatic heterocycles. The van der Waals surface area contributed by atoms with Gasteiger partial charge in [-0.25, -0.2) is 4.39 Å². The number of carbonyl (C=O) groups excluding carboxylic acids is 1. The molecule has 0 heterocycles. The zero-order valence-electron chi connectivity index (χ0n) is 7.15. The second-order valence-corrected chi connectivity index (χ2v) is 3.84. The molecule has 1 aliphatic rings. The van der Waals surface area contributed by atoms with E-state index in [-0.39, 0.29) is 12.8 Å². The summed E-state index contributed by atoms with van der Waals surface area (Å²) in [7, 11) is 0. The lowest BCUT2D eigenvalue weighted by atomic mass is 9.78. The van der Waals surface area contributed by atoms with Crippen LogP contribution in [0.25, 0.3) is 0 Å². The Morgan fingerprint density at radius 2 is 1.86 bits per heavy atom. The maximum atomic E-state index is 12.7. The van der Waals surface area contributed by atoms with Crippen LogP contribution in [-0.4, -0.2) is 17.6 Å². The van der Waals surface area contributed by atoms with Gasteiger partial charge in [0, 0.05) is 5.92 Å². The first-order valence-electron chi connectivity index (χ1n) is 4.22. The van der Waals surface area contributed by atoms with Crippen LogP contribution in [0.5, 0.6) is 0 Å². The Kier molecular flexibility index (Phi) is 3.40. The van der Waals surface area contributed by atoms with Crippen LogP contribution < -0.4 is 0 Å². The van der Waals surface area contributed by atoms with Gasteiger partial charge < -0.3 is 0 Å². The van der Waals surface area contributed by atoms with Gasteiger partial charge in [-0.05, 0) is 30.9 Å². The molecule has 0 aromatic carbocycles. The molecule has 0 N–H and O–H groups in total. The number of hydrogen-bond acceptors (Lipinski definition) is 1. The Morgan fingerprint density at radius 3 is 2.29 bits per heavy atom. The second kappa shape index (κ2) is 4.04. The van der Waals surface area contributed by atoms with Gasteiger partial charge in [0.1, 0.15) is 6.17 Å². The van der Waals surface area contributed by atoms with Crippen LogP contribution in [0.2, 0.25) is 0 Å². The normalized spacial score (nSPS) is 34.2. The van der Waals surface area contributed by atoms with Crippen molar-refractivity contribution in [2.24, 2.45) is 11.8 Å². The largest absolute Gasteiger partial charge is 0.392 e.